The molecule has 0 saturated heterocycles. The van der Waals surface area contributed by atoms with E-state index in [1.165, 1.54) is 0 Å². The summed E-state index contributed by atoms with van der Waals surface area (Å²) in [5, 5.41) is 15.7. The van der Waals surface area contributed by atoms with E-state index >= 15 is 0 Å². The minimum atomic E-state index is -0.621. The number of esters is 1. The molecule has 2 atom stereocenters. The van der Waals surface area contributed by atoms with E-state index in [0.717, 1.165) is 37.7 Å². The number of unbranched alkanes of at least 4 members (excludes halogenated alkanes) is 1. The molecule has 2 rings (SSSR count). The van der Waals surface area contributed by atoms with Gasteiger partial charge in [-0.05, 0) is 37.7 Å². The standard InChI is InChI=1S/C27H38N2O5/c1-3-5-7-15-25(32)34-19-23(21-13-8-6-9-14-21)28-26(33)22(12-4-2)18-24(31)29-27(20-30)16-10-11-17-27/h3-4,6,8-9,13-14,22-23,30H,1-2,5,7,10-12,15-20H2,(H,28,33)(H,29,31)/t22-,23-/m0/s1. The monoisotopic (exact) mass is 470 g/mol. The molecule has 7 nitrogen and oxygen atoms in total. The van der Waals surface area contributed by atoms with E-state index in [-0.39, 0.29) is 43.8 Å². The smallest absolute Gasteiger partial charge is 0.305 e. The van der Waals surface area contributed by atoms with Gasteiger partial charge < -0.3 is 20.5 Å². The Morgan fingerprint density at radius 2 is 1.82 bits per heavy atom. The van der Waals surface area contributed by atoms with E-state index in [9.17, 15) is 19.5 Å². The van der Waals surface area contributed by atoms with Crippen LogP contribution < -0.4 is 10.6 Å². The molecule has 7 heteroatoms. The second-order valence-electron chi connectivity index (χ2n) is 8.95. The number of hydrogen-bond acceptors (Lipinski definition) is 5. The zero-order chi connectivity index (χ0) is 24.8. The molecule has 34 heavy (non-hydrogen) atoms. The van der Waals surface area contributed by atoms with Gasteiger partial charge in [0.15, 0.2) is 0 Å². The lowest BCUT2D eigenvalue weighted by Crippen LogP contribution is -2.50. The first kappa shape index (κ1) is 27.3. The Morgan fingerprint density at radius 1 is 1.12 bits per heavy atom. The van der Waals surface area contributed by atoms with Crippen molar-refractivity contribution in [3.63, 3.8) is 0 Å². The number of hydrogen-bond donors (Lipinski definition) is 3. The van der Waals surface area contributed by atoms with Crippen LogP contribution in [0.2, 0.25) is 0 Å². The Balaban J connectivity index is 2.02. The fourth-order valence-corrected chi connectivity index (χ4v) is 4.26. The van der Waals surface area contributed by atoms with Crippen molar-refractivity contribution in [1.82, 2.24) is 10.6 Å². The number of ether oxygens (including phenoxy) is 1. The predicted octanol–water partition coefficient (Wildman–Crippen LogP) is 3.75. The third-order valence-corrected chi connectivity index (χ3v) is 6.24. The third-order valence-electron chi connectivity index (χ3n) is 6.24. The topological polar surface area (TPSA) is 105 Å². The second-order valence-corrected chi connectivity index (χ2v) is 8.95. The van der Waals surface area contributed by atoms with E-state index in [4.69, 9.17) is 4.74 Å². The summed E-state index contributed by atoms with van der Waals surface area (Å²) < 4.78 is 5.43. The number of rotatable bonds is 15. The summed E-state index contributed by atoms with van der Waals surface area (Å²) in [6.45, 7) is 7.27. The zero-order valence-corrected chi connectivity index (χ0v) is 20.0. The molecule has 186 valence electrons. The van der Waals surface area contributed by atoms with Crippen LogP contribution in [0, 0.1) is 5.92 Å². The summed E-state index contributed by atoms with van der Waals surface area (Å²) in [5.41, 5.74) is 0.223. The van der Waals surface area contributed by atoms with Crippen LogP contribution in [0.4, 0.5) is 0 Å². The van der Waals surface area contributed by atoms with Crippen LogP contribution in [-0.2, 0) is 19.1 Å². The van der Waals surface area contributed by atoms with Crippen LogP contribution in [0.3, 0.4) is 0 Å². The summed E-state index contributed by atoms with van der Waals surface area (Å²) in [5.74, 6) is -1.52. The molecule has 0 aromatic heterocycles. The molecule has 1 aliphatic carbocycles. The summed E-state index contributed by atoms with van der Waals surface area (Å²) in [7, 11) is 0. The maximum Gasteiger partial charge on any atom is 0.305 e. The summed E-state index contributed by atoms with van der Waals surface area (Å²) in [6.07, 6.45) is 8.77. The van der Waals surface area contributed by atoms with E-state index < -0.39 is 17.5 Å². The minimum absolute atomic E-state index is 0.00328. The number of aliphatic hydroxyl groups is 1. The Bertz CT molecular complexity index is 818. The van der Waals surface area contributed by atoms with Gasteiger partial charge in [-0.3, -0.25) is 14.4 Å². The highest BCUT2D eigenvalue weighted by Crippen LogP contribution is 2.29. The molecule has 0 unspecified atom stereocenters. The molecule has 0 bridgehead atoms. The van der Waals surface area contributed by atoms with E-state index in [0.29, 0.717) is 12.8 Å². The number of carbonyl (C=O) groups is 3. The van der Waals surface area contributed by atoms with Crippen molar-refractivity contribution in [2.24, 2.45) is 5.92 Å². The molecule has 0 spiro atoms. The summed E-state index contributed by atoms with van der Waals surface area (Å²) >= 11 is 0. The van der Waals surface area contributed by atoms with Gasteiger partial charge in [-0.15, -0.1) is 13.2 Å². The Labute approximate surface area is 202 Å². The quantitative estimate of drug-likeness (QED) is 0.206. The SMILES string of the molecule is C=CCCCC(=O)OC[C@H](NC(=O)[C@@H](CC=C)CC(=O)NC1(CO)CCCC1)c1ccccc1. The van der Waals surface area contributed by atoms with Crippen LogP contribution in [0.25, 0.3) is 0 Å². The highest BCUT2D eigenvalue weighted by molar-refractivity contribution is 5.86. The fraction of sp³-hybridized carbons (Fsp3) is 0.519. The first-order valence-corrected chi connectivity index (χ1v) is 12.1. The number of nitrogens with one attached hydrogen (secondary N) is 2. The maximum absolute atomic E-state index is 13.2. The van der Waals surface area contributed by atoms with Crippen molar-refractivity contribution in [2.75, 3.05) is 13.2 Å². The number of carbonyl (C=O) groups excluding carboxylic acids is 3. The Morgan fingerprint density at radius 3 is 2.44 bits per heavy atom. The van der Waals surface area contributed by atoms with Gasteiger partial charge in [-0.1, -0.05) is 55.3 Å². The van der Waals surface area contributed by atoms with Gasteiger partial charge in [0.05, 0.1) is 24.1 Å². The van der Waals surface area contributed by atoms with Gasteiger partial charge in [0.25, 0.3) is 0 Å². The van der Waals surface area contributed by atoms with Crippen molar-refractivity contribution in [1.29, 1.82) is 0 Å². The molecule has 0 aliphatic heterocycles. The van der Waals surface area contributed by atoms with Gasteiger partial charge in [-0.25, -0.2) is 0 Å². The van der Waals surface area contributed by atoms with Crippen LogP contribution in [0.15, 0.2) is 55.6 Å². The van der Waals surface area contributed by atoms with E-state index in [2.05, 4.69) is 23.8 Å². The van der Waals surface area contributed by atoms with Gasteiger partial charge >= 0.3 is 5.97 Å². The highest BCUT2D eigenvalue weighted by atomic mass is 16.5. The third kappa shape index (κ3) is 8.78. The molecular weight excluding hydrogens is 432 g/mol. The van der Waals surface area contributed by atoms with Crippen LogP contribution >= 0.6 is 0 Å². The largest absolute Gasteiger partial charge is 0.463 e. The molecule has 0 heterocycles. The second kappa shape index (κ2) is 14.4. The Hall–Kier alpha value is -2.93. The Kier molecular flexibility index (Phi) is 11.5. The van der Waals surface area contributed by atoms with Crippen LogP contribution in [0.1, 0.15) is 69.4 Å². The highest BCUT2D eigenvalue weighted by Gasteiger charge is 2.35. The summed E-state index contributed by atoms with van der Waals surface area (Å²) in [4.78, 5) is 38.0. The first-order valence-electron chi connectivity index (χ1n) is 12.1. The molecular formula is C27H38N2O5. The molecule has 1 aromatic carbocycles. The predicted molar refractivity (Wildman–Crippen MR) is 132 cm³/mol. The number of amides is 2. The first-order chi connectivity index (χ1) is 16.4. The zero-order valence-electron chi connectivity index (χ0n) is 20.0. The fourth-order valence-electron chi connectivity index (χ4n) is 4.26. The molecule has 3 N–H and O–H groups in total. The number of allylic oxidation sites excluding steroid dienone is 2. The van der Waals surface area contributed by atoms with Crippen LogP contribution in [-0.4, -0.2) is 41.6 Å². The van der Waals surface area contributed by atoms with Crippen LogP contribution in [0.5, 0.6) is 0 Å². The van der Waals surface area contributed by atoms with Crippen molar-refractivity contribution in [2.45, 2.75) is 69.4 Å². The van der Waals surface area contributed by atoms with E-state index in [1.807, 2.05) is 30.3 Å². The normalized spacial score (nSPS) is 16.1. The summed E-state index contributed by atoms with van der Waals surface area (Å²) in [6, 6.07) is 8.75. The molecule has 1 aliphatic rings. The molecule has 1 fully saturated rings. The molecule has 0 radical (unpaired) electrons. The van der Waals surface area contributed by atoms with Gasteiger partial charge in [-0.2, -0.15) is 0 Å². The molecule has 1 aromatic rings. The average Bonchev–Trinajstić information content (AvgIpc) is 3.30. The minimum Gasteiger partial charge on any atom is -0.463 e. The van der Waals surface area contributed by atoms with Crippen molar-refractivity contribution < 1.29 is 24.2 Å². The lowest BCUT2D eigenvalue weighted by atomic mass is 9.95. The van der Waals surface area contributed by atoms with Crippen molar-refractivity contribution in [3.05, 3.63) is 61.2 Å². The molecule has 1 saturated carbocycles. The number of aliphatic hydroxyl groups excluding tert-OH is 1. The lowest BCUT2D eigenvalue weighted by Gasteiger charge is -2.29. The van der Waals surface area contributed by atoms with Gasteiger partial charge in [0.1, 0.15) is 6.61 Å². The van der Waals surface area contributed by atoms with Crippen molar-refractivity contribution in [3.8, 4) is 0 Å². The van der Waals surface area contributed by atoms with Crippen molar-refractivity contribution >= 4 is 17.8 Å². The van der Waals surface area contributed by atoms with Gasteiger partial charge in [0, 0.05) is 12.8 Å². The lowest BCUT2D eigenvalue weighted by molar-refractivity contribution is -0.145. The van der Waals surface area contributed by atoms with Gasteiger partial charge in [0.2, 0.25) is 11.8 Å². The maximum atomic E-state index is 13.2. The van der Waals surface area contributed by atoms with E-state index in [1.54, 1.807) is 12.2 Å². The average molecular weight is 471 g/mol. The number of benzene rings is 1. The molecule has 2 amide bonds.